The molecule has 6 rings (SSSR count). The summed E-state index contributed by atoms with van der Waals surface area (Å²) in [7, 11) is -1.26. The van der Waals surface area contributed by atoms with E-state index in [2.05, 4.69) is 10.6 Å². The summed E-state index contributed by atoms with van der Waals surface area (Å²) < 4.78 is 6.78. The number of carbonyl (C=O) groups excluding carboxylic acids is 3. The number of amides is 3. The number of fused-ring (bicyclic) bond motifs is 3. The fraction of sp³-hybridized carbons (Fsp3) is 0.531. The van der Waals surface area contributed by atoms with Gasteiger partial charge in [-0.15, -0.1) is 0 Å². The third-order valence-corrected chi connectivity index (χ3v) is 12.5. The number of carbonyl (C=O) groups is 3. The molecule has 0 aromatic heterocycles. The van der Waals surface area contributed by atoms with Crippen molar-refractivity contribution in [1.29, 1.82) is 0 Å². The summed E-state index contributed by atoms with van der Waals surface area (Å²) in [6, 6.07) is 12.8. The minimum atomic E-state index is -2.97. The highest BCUT2D eigenvalue weighted by molar-refractivity contribution is 6.71. The number of hydrogen-bond acceptors (Lipinski definition) is 7. The zero-order chi connectivity index (χ0) is 30.7. The fourth-order valence-electron chi connectivity index (χ4n) is 7.93. The number of aliphatic hydroxyl groups is 1. The Bertz CT molecular complexity index is 1440. The van der Waals surface area contributed by atoms with E-state index in [1.54, 1.807) is 22.9 Å². The maximum Gasteiger partial charge on any atom is 0.264 e. The Labute approximate surface area is 253 Å². The minimum absolute atomic E-state index is 0.0114. The largest absolute Gasteiger partial charge is 0.432 e. The molecule has 4 aliphatic heterocycles. The molecule has 4 aliphatic rings. The first kappa shape index (κ1) is 30.0. The Morgan fingerprint density at radius 1 is 1.19 bits per heavy atom. The van der Waals surface area contributed by atoms with Crippen LogP contribution < -0.4 is 15.5 Å². The SMILES string of the molecule is C[C@@H]1[C@@H]([Si](C)(C)O)[C@H](CC(=O)N2Cc3ccccc3C[C@H]2CO)O[C@@]12C(=O)N(C)c1ccc(NC(=O)[C@H]3CCCN3)cc12. The zero-order valence-corrected chi connectivity index (χ0v) is 26.3. The summed E-state index contributed by atoms with van der Waals surface area (Å²) >= 11 is 0. The van der Waals surface area contributed by atoms with Crippen LogP contribution in [0.15, 0.2) is 42.5 Å². The van der Waals surface area contributed by atoms with Gasteiger partial charge < -0.3 is 35.1 Å². The van der Waals surface area contributed by atoms with Gasteiger partial charge in [0.2, 0.25) is 11.8 Å². The number of aliphatic hydroxyl groups excluding tert-OH is 1. The predicted octanol–water partition coefficient (Wildman–Crippen LogP) is 2.49. The van der Waals surface area contributed by atoms with Crippen molar-refractivity contribution in [1.82, 2.24) is 10.2 Å². The van der Waals surface area contributed by atoms with E-state index in [1.165, 1.54) is 0 Å². The van der Waals surface area contributed by atoms with Crippen LogP contribution in [-0.2, 0) is 37.7 Å². The van der Waals surface area contributed by atoms with Gasteiger partial charge in [0.15, 0.2) is 13.9 Å². The lowest BCUT2D eigenvalue weighted by molar-refractivity contribution is -0.150. The lowest BCUT2D eigenvalue weighted by atomic mass is 9.82. The van der Waals surface area contributed by atoms with Crippen LogP contribution in [0.2, 0.25) is 18.6 Å². The van der Waals surface area contributed by atoms with Gasteiger partial charge in [0.25, 0.3) is 5.91 Å². The number of ether oxygens (including phenoxy) is 1. The van der Waals surface area contributed by atoms with Gasteiger partial charge in [0.05, 0.1) is 36.9 Å². The lowest BCUT2D eigenvalue weighted by Gasteiger charge is -2.37. The van der Waals surface area contributed by atoms with Crippen molar-refractivity contribution in [2.24, 2.45) is 5.92 Å². The number of benzene rings is 2. The summed E-state index contributed by atoms with van der Waals surface area (Å²) in [5, 5.41) is 16.4. The molecule has 0 unspecified atom stereocenters. The van der Waals surface area contributed by atoms with Crippen molar-refractivity contribution in [2.45, 2.75) is 81.6 Å². The number of likely N-dealkylation sites (N-methyl/N-ethyl adjacent to an activating group) is 1. The Balaban J connectivity index is 1.32. The first-order valence-electron chi connectivity index (χ1n) is 15.3. The summed E-state index contributed by atoms with van der Waals surface area (Å²) in [5.41, 5.74) is 2.27. The molecule has 10 nitrogen and oxygen atoms in total. The highest BCUT2D eigenvalue weighted by atomic mass is 28.4. The van der Waals surface area contributed by atoms with E-state index in [0.717, 1.165) is 30.5 Å². The van der Waals surface area contributed by atoms with Crippen molar-refractivity contribution in [2.75, 3.05) is 30.4 Å². The van der Waals surface area contributed by atoms with Gasteiger partial charge in [0, 0.05) is 36.3 Å². The number of anilines is 2. The van der Waals surface area contributed by atoms with E-state index >= 15 is 0 Å². The van der Waals surface area contributed by atoms with E-state index in [1.807, 2.05) is 56.4 Å². The van der Waals surface area contributed by atoms with E-state index in [-0.39, 0.29) is 42.8 Å². The number of nitrogens with one attached hydrogen (secondary N) is 2. The molecule has 2 saturated heterocycles. The van der Waals surface area contributed by atoms with E-state index < -0.39 is 31.5 Å². The molecule has 0 radical (unpaired) electrons. The van der Waals surface area contributed by atoms with Crippen molar-refractivity contribution in [3.05, 3.63) is 59.2 Å². The fourth-order valence-corrected chi connectivity index (χ4v) is 10.5. The summed E-state index contributed by atoms with van der Waals surface area (Å²) in [6.45, 7) is 6.64. The molecule has 43 heavy (non-hydrogen) atoms. The molecule has 2 fully saturated rings. The molecule has 4 N–H and O–H groups in total. The molecule has 6 atom stereocenters. The minimum Gasteiger partial charge on any atom is -0.432 e. The third kappa shape index (κ3) is 5.00. The van der Waals surface area contributed by atoms with E-state index in [4.69, 9.17) is 4.74 Å². The van der Waals surface area contributed by atoms with Crippen molar-refractivity contribution in [3.8, 4) is 0 Å². The normalized spacial score (nSPS) is 30.1. The maximum atomic E-state index is 14.1. The predicted molar refractivity (Wildman–Crippen MR) is 165 cm³/mol. The molecular formula is C32H42N4O6Si. The molecule has 2 aromatic rings. The van der Waals surface area contributed by atoms with Crippen molar-refractivity contribution < 1.29 is 29.0 Å². The second-order valence-electron chi connectivity index (χ2n) is 13.1. The smallest absolute Gasteiger partial charge is 0.264 e. The first-order valence-corrected chi connectivity index (χ1v) is 18.3. The number of hydrogen-bond donors (Lipinski definition) is 4. The summed E-state index contributed by atoms with van der Waals surface area (Å²) in [4.78, 5) is 55.7. The van der Waals surface area contributed by atoms with Gasteiger partial charge >= 0.3 is 0 Å². The number of nitrogens with zero attached hydrogens (tertiary/aromatic N) is 2. The quantitative estimate of drug-likeness (QED) is 0.372. The van der Waals surface area contributed by atoms with Crippen LogP contribution in [0.25, 0.3) is 0 Å². The van der Waals surface area contributed by atoms with Crippen LogP contribution in [0.3, 0.4) is 0 Å². The molecule has 0 aliphatic carbocycles. The van der Waals surface area contributed by atoms with Crippen LogP contribution in [0.1, 0.15) is 42.9 Å². The van der Waals surface area contributed by atoms with Gasteiger partial charge in [0.1, 0.15) is 0 Å². The molecule has 4 heterocycles. The molecular weight excluding hydrogens is 564 g/mol. The molecule has 230 valence electrons. The molecule has 1 spiro atoms. The first-order chi connectivity index (χ1) is 20.5. The average molecular weight is 607 g/mol. The van der Waals surface area contributed by atoms with Gasteiger partial charge in [-0.25, -0.2) is 0 Å². The van der Waals surface area contributed by atoms with Crippen molar-refractivity contribution >= 4 is 37.4 Å². The Morgan fingerprint density at radius 3 is 2.60 bits per heavy atom. The van der Waals surface area contributed by atoms with Gasteiger partial charge in [-0.1, -0.05) is 31.2 Å². The van der Waals surface area contributed by atoms with Crippen LogP contribution in [0, 0.1) is 5.92 Å². The monoisotopic (exact) mass is 606 g/mol. The van der Waals surface area contributed by atoms with Crippen LogP contribution >= 0.6 is 0 Å². The highest BCUT2D eigenvalue weighted by Gasteiger charge is 2.66. The zero-order valence-electron chi connectivity index (χ0n) is 25.3. The molecule has 3 amide bonds. The molecule has 2 aromatic carbocycles. The Hall–Kier alpha value is -3.09. The van der Waals surface area contributed by atoms with Crippen LogP contribution in [-0.4, -0.2) is 79.2 Å². The third-order valence-electron chi connectivity index (χ3n) is 10.0. The summed E-state index contributed by atoms with van der Waals surface area (Å²) in [6.07, 6.45) is 1.57. The summed E-state index contributed by atoms with van der Waals surface area (Å²) in [5.74, 6) is -0.952. The number of rotatable bonds is 6. The topological polar surface area (TPSA) is 131 Å². The van der Waals surface area contributed by atoms with Gasteiger partial charge in [-0.3, -0.25) is 14.4 Å². The van der Waals surface area contributed by atoms with Crippen LogP contribution in [0.5, 0.6) is 0 Å². The molecule has 11 heteroatoms. The Kier molecular flexibility index (Phi) is 7.75. The molecule has 0 bridgehead atoms. The van der Waals surface area contributed by atoms with Gasteiger partial charge in [-0.05, 0) is 68.2 Å². The van der Waals surface area contributed by atoms with Crippen LogP contribution in [0.4, 0.5) is 11.4 Å². The van der Waals surface area contributed by atoms with E-state index in [9.17, 15) is 24.3 Å². The highest BCUT2D eigenvalue weighted by Crippen LogP contribution is 2.59. The average Bonchev–Trinajstić information content (AvgIpc) is 3.67. The maximum absolute atomic E-state index is 14.1. The molecule has 0 saturated carbocycles. The lowest BCUT2D eigenvalue weighted by Crippen LogP contribution is -2.48. The van der Waals surface area contributed by atoms with E-state index in [0.29, 0.717) is 29.9 Å². The van der Waals surface area contributed by atoms with Crippen molar-refractivity contribution in [3.63, 3.8) is 0 Å². The second-order valence-corrected chi connectivity index (χ2v) is 17.1. The Morgan fingerprint density at radius 2 is 1.93 bits per heavy atom. The van der Waals surface area contributed by atoms with Gasteiger partial charge in [-0.2, -0.15) is 0 Å². The standard InChI is InChI=1S/C32H42N4O6Si/c1-19-29(43(3,4)41)27(16-28(38)36-17-21-9-6-5-8-20(21)14-23(36)18-37)42-32(19)24-15-22(11-12-26(24)35(2)31(32)40)34-30(39)25-10-7-13-33-25/h5-6,8-9,11-12,15,19,23,25,27,29,33,37,41H,7,10,13-14,16-18H2,1-4H3,(H,34,39)/t19-,23+,25-,27+,29-,32+/m1/s1. The second kappa shape index (κ2) is 11.1.